The molecule has 6 aromatic rings. The van der Waals surface area contributed by atoms with E-state index in [2.05, 4.69) is 82.7 Å². The summed E-state index contributed by atoms with van der Waals surface area (Å²) in [5.41, 5.74) is 3.10. The Morgan fingerprint density at radius 1 is 0.741 bits per heavy atom. The highest BCUT2D eigenvalue weighted by atomic mass is 79.9. The second kappa shape index (κ2) is 5.69. The zero-order chi connectivity index (χ0) is 18.0. The number of thiophene rings is 1. The van der Waals surface area contributed by atoms with Crippen LogP contribution in [0.5, 0.6) is 0 Å². The molecule has 0 N–H and O–H groups in total. The first-order chi connectivity index (χ1) is 13.3. The molecule has 0 aliphatic carbocycles. The van der Waals surface area contributed by atoms with Gasteiger partial charge in [0.15, 0.2) is 5.58 Å². The van der Waals surface area contributed by atoms with Crippen molar-refractivity contribution in [3.8, 4) is 10.4 Å². The number of hydrogen-bond donors (Lipinski definition) is 0. The van der Waals surface area contributed by atoms with E-state index in [0.29, 0.717) is 0 Å². The summed E-state index contributed by atoms with van der Waals surface area (Å²) in [5.74, 6) is 0. The van der Waals surface area contributed by atoms with E-state index in [9.17, 15) is 0 Å². The Morgan fingerprint density at radius 2 is 1.44 bits per heavy atom. The molecule has 128 valence electrons. The summed E-state index contributed by atoms with van der Waals surface area (Å²) in [6.45, 7) is 0. The Balaban J connectivity index is 1.89. The lowest BCUT2D eigenvalue weighted by Crippen LogP contribution is -1.83. The van der Waals surface area contributed by atoms with Gasteiger partial charge in [-0.2, -0.15) is 0 Å². The highest BCUT2D eigenvalue weighted by Gasteiger charge is 2.20. The van der Waals surface area contributed by atoms with Crippen LogP contribution in [-0.4, -0.2) is 0 Å². The lowest BCUT2D eigenvalue weighted by Gasteiger charge is -2.09. The number of fused-ring (bicyclic) bond motifs is 5. The van der Waals surface area contributed by atoms with E-state index in [0.717, 1.165) is 21.0 Å². The number of para-hydroxylation sites is 1. The Bertz CT molecular complexity index is 1460. The summed E-state index contributed by atoms with van der Waals surface area (Å²) >= 11 is 5.65. The van der Waals surface area contributed by atoms with Crippen molar-refractivity contribution in [2.24, 2.45) is 0 Å². The highest BCUT2D eigenvalue weighted by molar-refractivity contribution is 9.10. The van der Waals surface area contributed by atoms with Crippen molar-refractivity contribution in [1.29, 1.82) is 0 Å². The summed E-state index contributed by atoms with van der Waals surface area (Å²) in [5, 5.41) is 6.05. The second-order valence-electron chi connectivity index (χ2n) is 6.69. The standard InChI is InChI=1S/C24H13BrOS/c25-23-16-9-3-2-8-15(16)21(20-13-14-7-1-6-12-19(14)27-20)22-17-10-4-5-11-18(17)26-24(22)23/h1-13H. The number of hydrogen-bond acceptors (Lipinski definition) is 2. The fourth-order valence-electron chi connectivity index (χ4n) is 3.96. The molecule has 0 unspecified atom stereocenters. The monoisotopic (exact) mass is 428 g/mol. The Labute approximate surface area is 168 Å². The van der Waals surface area contributed by atoms with Crippen molar-refractivity contribution in [3.05, 3.63) is 83.3 Å². The minimum atomic E-state index is 0.919. The maximum Gasteiger partial charge on any atom is 0.150 e. The first-order valence-electron chi connectivity index (χ1n) is 8.81. The predicted octanol–water partition coefficient (Wildman–Crippen LogP) is 8.38. The van der Waals surface area contributed by atoms with Crippen LogP contribution in [0.3, 0.4) is 0 Å². The van der Waals surface area contributed by atoms with Crippen LogP contribution in [0, 0.1) is 0 Å². The quantitative estimate of drug-likeness (QED) is 0.256. The van der Waals surface area contributed by atoms with Crippen molar-refractivity contribution >= 4 is 70.1 Å². The van der Waals surface area contributed by atoms with Gasteiger partial charge in [-0.25, -0.2) is 0 Å². The molecule has 0 aliphatic heterocycles. The molecule has 2 aromatic heterocycles. The van der Waals surface area contributed by atoms with E-state index in [-0.39, 0.29) is 0 Å². The molecule has 0 spiro atoms. The molecule has 4 aromatic carbocycles. The van der Waals surface area contributed by atoms with Gasteiger partial charge in [-0.3, -0.25) is 0 Å². The van der Waals surface area contributed by atoms with Crippen LogP contribution in [0.4, 0.5) is 0 Å². The summed E-state index contributed by atoms with van der Waals surface area (Å²) in [7, 11) is 0. The molecule has 2 heterocycles. The van der Waals surface area contributed by atoms with Crippen LogP contribution < -0.4 is 0 Å². The molecular weight excluding hydrogens is 416 g/mol. The molecule has 0 radical (unpaired) electrons. The third-order valence-corrected chi connectivity index (χ3v) is 7.07. The first kappa shape index (κ1) is 15.4. The van der Waals surface area contributed by atoms with Gasteiger partial charge in [0, 0.05) is 31.3 Å². The zero-order valence-corrected chi connectivity index (χ0v) is 16.6. The molecule has 1 nitrogen and oxygen atoms in total. The van der Waals surface area contributed by atoms with E-state index in [4.69, 9.17) is 4.42 Å². The number of benzene rings is 4. The molecule has 0 bridgehead atoms. The van der Waals surface area contributed by atoms with Crippen molar-refractivity contribution in [2.45, 2.75) is 0 Å². The topological polar surface area (TPSA) is 13.1 Å². The summed E-state index contributed by atoms with van der Waals surface area (Å²) in [4.78, 5) is 1.27. The first-order valence-corrected chi connectivity index (χ1v) is 10.4. The Morgan fingerprint density at radius 3 is 2.30 bits per heavy atom. The van der Waals surface area contributed by atoms with E-state index >= 15 is 0 Å². The van der Waals surface area contributed by atoms with Gasteiger partial charge in [0.1, 0.15) is 5.58 Å². The Kier molecular flexibility index (Phi) is 3.25. The minimum absolute atomic E-state index is 0.919. The van der Waals surface area contributed by atoms with E-state index in [1.54, 1.807) is 0 Å². The van der Waals surface area contributed by atoms with Gasteiger partial charge in [0.05, 0.1) is 4.47 Å². The van der Waals surface area contributed by atoms with Crippen molar-refractivity contribution < 1.29 is 4.42 Å². The van der Waals surface area contributed by atoms with Crippen LogP contribution in [0.25, 0.3) is 53.2 Å². The summed E-state index contributed by atoms with van der Waals surface area (Å²) in [6, 6.07) is 27.7. The van der Waals surface area contributed by atoms with E-state index < -0.39 is 0 Å². The third kappa shape index (κ3) is 2.16. The molecular formula is C24H13BrOS. The van der Waals surface area contributed by atoms with Crippen molar-refractivity contribution in [3.63, 3.8) is 0 Å². The molecule has 27 heavy (non-hydrogen) atoms. The Hall–Kier alpha value is -2.62. The number of furan rings is 1. The normalized spacial score (nSPS) is 11.9. The van der Waals surface area contributed by atoms with Gasteiger partial charge in [0.25, 0.3) is 0 Å². The van der Waals surface area contributed by atoms with E-state index in [1.165, 1.54) is 36.7 Å². The van der Waals surface area contributed by atoms with Gasteiger partial charge >= 0.3 is 0 Å². The molecule has 0 atom stereocenters. The van der Waals surface area contributed by atoms with Crippen LogP contribution in [0.15, 0.2) is 87.8 Å². The van der Waals surface area contributed by atoms with Gasteiger partial charge in [-0.05, 0) is 44.9 Å². The number of halogens is 1. The SMILES string of the molecule is Brc1c2ccccc2c(-c2cc3ccccc3s2)c2c1oc1ccccc12. The van der Waals surface area contributed by atoms with Gasteiger partial charge in [-0.1, -0.05) is 60.7 Å². The molecule has 6 rings (SSSR count). The van der Waals surface area contributed by atoms with Crippen LogP contribution in [0.1, 0.15) is 0 Å². The average molecular weight is 429 g/mol. The minimum Gasteiger partial charge on any atom is -0.455 e. The lowest BCUT2D eigenvalue weighted by molar-refractivity contribution is 0.667. The maximum absolute atomic E-state index is 6.29. The second-order valence-corrected chi connectivity index (χ2v) is 8.56. The van der Waals surface area contributed by atoms with Crippen LogP contribution >= 0.6 is 27.3 Å². The lowest BCUT2D eigenvalue weighted by atomic mass is 9.97. The molecule has 0 fully saturated rings. The highest BCUT2D eigenvalue weighted by Crippen LogP contribution is 2.48. The van der Waals surface area contributed by atoms with Crippen LogP contribution in [-0.2, 0) is 0 Å². The fourth-order valence-corrected chi connectivity index (χ4v) is 5.71. The largest absolute Gasteiger partial charge is 0.455 e. The van der Waals surface area contributed by atoms with Gasteiger partial charge in [-0.15, -0.1) is 11.3 Å². The van der Waals surface area contributed by atoms with Crippen molar-refractivity contribution in [2.75, 3.05) is 0 Å². The number of rotatable bonds is 1. The average Bonchev–Trinajstić information content (AvgIpc) is 3.30. The fraction of sp³-hybridized carbons (Fsp3) is 0. The zero-order valence-electron chi connectivity index (χ0n) is 14.2. The molecule has 0 aliphatic rings. The molecule has 3 heteroatoms. The van der Waals surface area contributed by atoms with Gasteiger partial charge < -0.3 is 4.42 Å². The summed E-state index contributed by atoms with van der Waals surface area (Å²) < 4.78 is 8.61. The molecule has 0 saturated carbocycles. The predicted molar refractivity (Wildman–Crippen MR) is 120 cm³/mol. The van der Waals surface area contributed by atoms with Gasteiger partial charge in [0.2, 0.25) is 0 Å². The summed E-state index contributed by atoms with van der Waals surface area (Å²) in [6.07, 6.45) is 0. The molecule has 0 saturated heterocycles. The molecule has 0 amide bonds. The van der Waals surface area contributed by atoms with Crippen molar-refractivity contribution in [1.82, 2.24) is 0 Å². The third-order valence-electron chi connectivity index (χ3n) is 5.15. The van der Waals surface area contributed by atoms with E-state index in [1.807, 2.05) is 23.5 Å². The smallest absolute Gasteiger partial charge is 0.150 e. The van der Waals surface area contributed by atoms with Crippen LogP contribution in [0.2, 0.25) is 0 Å². The maximum atomic E-state index is 6.29.